The van der Waals surface area contributed by atoms with E-state index in [1.165, 1.54) is 42.5 Å². The second-order valence-electron chi connectivity index (χ2n) is 6.11. The summed E-state index contributed by atoms with van der Waals surface area (Å²) in [4.78, 5) is 0. The Morgan fingerprint density at radius 3 is 1.86 bits per heavy atom. The smallest absolute Gasteiger partial charge is 0.283 e. The molecule has 0 radical (unpaired) electrons. The van der Waals surface area contributed by atoms with E-state index in [2.05, 4.69) is 0 Å². The molecule has 0 aliphatic carbocycles. The molecule has 3 N–H and O–H groups in total. The van der Waals surface area contributed by atoms with Crippen LogP contribution in [0.25, 0.3) is 0 Å². The van der Waals surface area contributed by atoms with E-state index in [1.807, 2.05) is 0 Å². The van der Waals surface area contributed by atoms with Crippen LogP contribution in [0.15, 0.2) is 54.6 Å². The standard InChI is InChI=1S/C19H12Cl4O5S/c20-11-3-1-2-10(6-11)19(29(26,27)28,14-5-4-12(21)7-15(14)23)18-16(24)8-13(22)9-17(18)25/h1-9,24-25H,(H,26,27,28). The second-order valence-corrected chi connectivity index (χ2v) is 9.39. The minimum absolute atomic E-state index is 0.0544. The van der Waals surface area contributed by atoms with Crippen molar-refractivity contribution in [2.45, 2.75) is 4.75 Å². The summed E-state index contributed by atoms with van der Waals surface area (Å²) < 4.78 is 33.8. The topological polar surface area (TPSA) is 94.8 Å². The molecule has 0 saturated heterocycles. The highest BCUT2D eigenvalue weighted by Gasteiger charge is 2.53. The quantitative estimate of drug-likeness (QED) is 0.311. The Balaban J connectivity index is 2.63. The lowest BCUT2D eigenvalue weighted by Gasteiger charge is -2.34. The molecule has 3 rings (SSSR count). The highest BCUT2D eigenvalue weighted by molar-refractivity contribution is 7.87. The van der Waals surface area contributed by atoms with Crippen LogP contribution in [0.5, 0.6) is 11.5 Å². The fraction of sp³-hybridized carbons (Fsp3) is 0.0526. The maximum Gasteiger partial charge on any atom is 0.283 e. The molecule has 0 heterocycles. The van der Waals surface area contributed by atoms with Crippen molar-refractivity contribution in [1.82, 2.24) is 0 Å². The summed E-state index contributed by atoms with van der Waals surface area (Å²) >= 11 is 24.2. The van der Waals surface area contributed by atoms with Gasteiger partial charge in [-0.25, -0.2) is 0 Å². The van der Waals surface area contributed by atoms with Gasteiger partial charge in [-0.3, -0.25) is 4.55 Å². The van der Waals surface area contributed by atoms with E-state index in [0.717, 1.165) is 12.1 Å². The van der Waals surface area contributed by atoms with Gasteiger partial charge in [-0.05, 0) is 42.0 Å². The molecule has 10 heteroatoms. The Bertz CT molecular complexity index is 1190. The third-order valence-electron chi connectivity index (χ3n) is 4.34. The number of benzene rings is 3. The fourth-order valence-electron chi connectivity index (χ4n) is 3.27. The predicted molar refractivity (Wildman–Crippen MR) is 114 cm³/mol. The summed E-state index contributed by atoms with van der Waals surface area (Å²) in [5, 5.41) is 21.3. The molecule has 0 bridgehead atoms. The fourth-order valence-corrected chi connectivity index (χ4v) is 5.62. The molecular formula is C19H12Cl4O5S. The summed E-state index contributed by atoms with van der Waals surface area (Å²) in [7, 11) is -5.14. The van der Waals surface area contributed by atoms with Gasteiger partial charge in [-0.15, -0.1) is 0 Å². The van der Waals surface area contributed by atoms with Crippen LogP contribution in [0.4, 0.5) is 0 Å². The van der Waals surface area contributed by atoms with Crippen molar-refractivity contribution in [1.29, 1.82) is 0 Å². The molecule has 0 saturated carbocycles. The van der Waals surface area contributed by atoms with Gasteiger partial charge in [0.1, 0.15) is 11.5 Å². The molecule has 1 atom stereocenters. The van der Waals surface area contributed by atoms with Gasteiger partial charge >= 0.3 is 0 Å². The molecule has 0 aliphatic rings. The summed E-state index contributed by atoms with van der Waals surface area (Å²) in [6.45, 7) is 0. The van der Waals surface area contributed by atoms with Crippen LogP contribution >= 0.6 is 46.4 Å². The van der Waals surface area contributed by atoms with Crippen LogP contribution in [-0.4, -0.2) is 23.2 Å². The normalized spacial score (nSPS) is 13.8. The molecule has 0 amide bonds. The lowest BCUT2D eigenvalue weighted by atomic mass is 9.83. The molecule has 3 aromatic carbocycles. The molecule has 152 valence electrons. The maximum atomic E-state index is 13.0. The Labute approximate surface area is 186 Å². The third-order valence-corrected chi connectivity index (χ3v) is 6.78. The summed E-state index contributed by atoms with van der Waals surface area (Å²) in [6, 6.07) is 11.5. The zero-order valence-electron chi connectivity index (χ0n) is 14.3. The van der Waals surface area contributed by atoms with E-state index < -0.39 is 31.9 Å². The van der Waals surface area contributed by atoms with Crippen LogP contribution in [-0.2, 0) is 14.9 Å². The van der Waals surface area contributed by atoms with Crippen LogP contribution in [0.3, 0.4) is 0 Å². The van der Waals surface area contributed by atoms with Gasteiger partial charge in [-0.1, -0.05) is 64.6 Å². The van der Waals surface area contributed by atoms with E-state index in [-0.39, 0.29) is 31.2 Å². The lowest BCUT2D eigenvalue weighted by molar-refractivity contribution is 0.416. The number of hydrogen-bond donors (Lipinski definition) is 3. The van der Waals surface area contributed by atoms with Gasteiger partial charge in [0.2, 0.25) is 0 Å². The molecular weight excluding hydrogens is 482 g/mol. The molecule has 0 spiro atoms. The Hall–Kier alpha value is -1.67. The Morgan fingerprint density at radius 1 is 0.759 bits per heavy atom. The highest BCUT2D eigenvalue weighted by Crippen LogP contribution is 2.53. The monoisotopic (exact) mass is 492 g/mol. The SMILES string of the molecule is O=S(=O)(O)C(c1cccc(Cl)c1)(c1ccc(Cl)cc1Cl)c1c(O)cc(Cl)cc1O. The summed E-state index contributed by atoms with van der Waals surface area (Å²) in [5.74, 6) is -1.36. The van der Waals surface area contributed by atoms with Crippen LogP contribution in [0.2, 0.25) is 20.1 Å². The first-order chi connectivity index (χ1) is 13.5. The van der Waals surface area contributed by atoms with Gasteiger partial charge in [0.25, 0.3) is 10.1 Å². The number of rotatable bonds is 4. The largest absolute Gasteiger partial charge is 0.507 e. The van der Waals surface area contributed by atoms with Gasteiger partial charge in [0.15, 0.2) is 4.75 Å². The van der Waals surface area contributed by atoms with E-state index in [4.69, 9.17) is 46.4 Å². The van der Waals surface area contributed by atoms with Gasteiger partial charge in [-0.2, -0.15) is 8.42 Å². The molecule has 5 nitrogen and oxygen atoms in total. The number of aromatic hydroxyl groups is 2. The van der Waals surface area contributed by atoms with Crippen molar-refractivity contribution in [3.05, 3.63) is 91.4 Å². The zero-order valence-corrected chi connectivity index (χ0v) is 18.1. The van der Waals surface area contributed by atoms with Gasteiger partial charge in [0, 0.05) is 25.7 Å². The first-order valence-electron chi connectivity index (χ1n) is 7.89. The van der Waals surface area contributed by atoms with E-state index in [9.17, 15) is 23.2 Å². The molecule has 0 aliphatic heterocycles. The second kappa shape index (κ2) is 7.87. The van der Waals surface area contributed by atoms with Crippen LogP contribution in [0, 0.1) is 0 Å². The average Bonchev–Trinajstić information content (AvgIpc) is 2.57. The zero-order chi connectivity index (χ0) is 21.6. The third kappa shape index (κ3) is 3.77. The van der Waals surface area contributed by atoms with Crippen molar-refractivity contribution in [2.75, 3.05) is 0 Å². The summed E-state index contributed by atoms with van der Waals surface area (Å²) in [6.07, 6.45) is 0. The molecule has 1 unspecified atom stereocenters. The number of phenols is 2. The number of hydrogen-bond acceptors (Lipinski definition) is 4. The molecule has 29 heavy (non-hydrogen) atoms. The van der Waals surface area contributed by atoms with E-state index in [1.54, 1.807) is 0 Å². The van der Waals surface area contributed by atoms with Crippen molar-refractivity contribution < 1.29 is 23.2 Å². The highest BCUT2D eigenvalue weighted by atomic mass is 35.5. The molecule has 3 aromatic rings. The predicted octanol–water partition coefficient (Wildman–Crippen LogP) is 5.89. The molecule has 0 aromatic heterocycles. The van der Waals surface area contributed by atoms with E-state index >= 15 is 0 Å². The number of phenolic OH excluding ortho intramolecular Hbond substituents is 2. The Morgan fingerprint density at radius 2 is 1.34 bits per heavy atom. The minimum Gasteiger partial charge on any atom is -0.507 e. The minimum atomic E-state index is -5.14. The molecule has 0 fully saturated rings. The lowest BCUT2D eigenvalue weighted by Crippen LogP contribution is -2.38. The maximum absolute atomic E-state index is 13.0. The van der Waals surface area contributed by atoms with Crippen molar-refractivity contribution in [3.8, 4) is 11.5 Å². The van der Waals surface area contributed by atoms with Gasteiger partial charge in [0.05, 0.1) is 5.56 Å². The van der Waals surface area contributed by atoms with Crippen molar-refractivity contribution in [2.24, 2.45) is 0 Å². The Kier molecular flexibility index (Phi) is 5.98. The first kappa shape index (κ1) is 22.0. The summed E-state index contributed by atoms with van der Waals surface area (Å²) in [5.41, 5.74) is -0.790. The first-order valence-corrected chi connectivity index (χ1v) is 10.8. The van der Waals surface area contributed by atoms with E-state index in [0.29, 0.717) is 0 Å². The van der Waals surface area contributed by atoms with Crippen molar-refractivity contribution >= 4 is 56.5 Å². The average molecular weight is 494 g/mol. The number of halogens is 4. The van der Waals surface area contributed by atoms with Crippen LogP contribution < -0.4 is 0 Å². The van der Waals surface area contributed by atoms with Crippen molar-refractivity contribution in [3.63, 3.8) is 0 Å². The van der Waals surface area contributed by atoms with Crippen LogP contribution in [0.1, 0.15) is 16.7 Å². The van der Waals surface area contributed by atoms with Gasteiger partial charge < -0.3 is 10.2 Å².